The van der Waals surface area contributed by atoms with Crippen molar-refractivity contribution in [2.75, 3.05) is 37.8 Å². The van der Waals surface area contributed by atoms with Gasteiger partial charge in [-0.05, 0) is 146 Å². The van der Waals surface area contributed by atoms with Gasteiger partial charge in [0, 0.05) is 25.2 Å². The molecule has 0 spiro atoms. The molecule has 5 fully saturated rings. The van der Waals surface area contributed by atoms with Gasteiger partial charge in [-0.15, -0.1) is 0 Å². The number of carboxylic acid groups (broad SMARTS) is 1. The molecule has 0 amide bonds. The molecule has 1 heterocycles. The maximum Gasteiger partial charge on any atom is 0.405 e. The highest BCUT2D eigenvalue weighted by atomic mass is 32.2. The third-order valence-electron chi connectivity index (χ3n) is 18.0. The Labute approximate surface area is 327 Å². The van der Waals surface area contributed by atoms with Crippen LogP contribution in [0, 0.1) is 56.7 Å². The van der Waals surface area contributed by atoms with Crippen LogP contribution < -0.4 is 5.32 Å². The van der Waals surface area contributed by atoms with E-state index >= 15 is 13.2 Å². The van der Waals surface area contributed by atoms with Gasteiger partial charge in [-0.3, -0.25) is 15.0 Å². The van der Waals surface area contributed by atoms with E-state index in [9.17, 15) is 22.7 Å². The van der Waals surface area contributed by atoms with Crippen molar-refractivity contribution in [1.82, 2.24) is 10.2 Å². The number of allylic oxidation sites excluding steroid dienone is 5. The van der Waals surface area contributed by atoms with E-state index in [1.165, 1.54) is 11.1 Å². The molecule has 0 aromatic heterocycles. The van der Waals surface area contributed by atoms with Crippen LogP contribution in [-0.2, 0) is 14.6 Å². The van der Waals surface area contributed by atoms with Crippen LogP contribution in [0.2, 0.25) is 0 Å². The van der Waals surface area contributed by atoms with Gasteiger partial charge in [0.05, 0.1) is 16.9 Å². The molecule has 4 saturated carbocycles. The summed E-state index contributed by atoms with van der Waals surface area (Å²) in [4.78, 5) is 13.7. The van der Waals surface area contributed by atoms with Gasteiger partial charge >= 0.3 is 12.1 Å². The first-order valence-electron chi connectivity index (χ1n) is 21.1. The van der Waals surface area contributed by atoms with Gasteiger partial charge in [-0.2, -0.15) is 13.2 Å². The van der Waals surface area contributed by atoms with Crippen molar-refractivity contribution in [1.29, 1.82) is 0 Å². The fraction of sp³-hybridized carbons (Fsp3) is 0.841. The van der Waals surface area contributed by atoms with Gasteiger partial charge < -0.3 is 5.11 Å². The van der Waals surface area contributed by atoms with Gasteiger partial charge in [-0.1, -0.05) is 58.9 Å². The molecule has 1 aliphatic heterocycles. The van der Waals surface area contributed by atoms with Crippen molar-refractivity contribution >= 4 is 15.8 Å². The Hall–Kier alpha value is -1.72. The number of carboxylic acids is 1. The van der Waals surface area contributed by atoms with Crippen molar-refractivity contribution in [2.24, 2.45) is 56.7 Å². The fourth-order valence-corrected chi connectivity index (χ4v) is 16.1. The zero-order valence-electron chi connectivity index (χ0n) is 34.1. The Balaban J connectivity index is 1.17. The smallest absolute Gasteiger partial charge is 0.405 e. The summed E-state index contributed by atoms with van der Waals surface area (Å²) < 4.78 is 83.2. The molecule has 0 aromatic rings. The number of alkyl halides is 4. The second-order valence-electron chi connectivity index (χ2n) is 20.7. The van der Waals surface area contributed by atoms with E-state index in [4.69, 9.17) is 0 Å². The topological polar surface area (TPSA) is 86.7 Å². The predicted molar refractivity (Wildman–Crippen MR) is 209 cm³/mol. The molecule has 6 nitrogen and oxygen atoms in total. The second-order valence-corrected chi connectivity index (χ2v) is 23.0. The standard InChI is InChI=1S/C44H66F4N2O4S/c1-28(2)30-12-19-43(49-35(44(46,47)48)26-50-22-24-55(53,54)25-23-50)21-20-40(6)32(36(30)43)8-9-34-39(5)15-13-31(38(3,4)33(39)14-16-41(34,40)7)29-10-17-42(27-45,18-11-29)37(51)52/h10,13,30,32-36,49H,1,8-9,11-12,14-27H2,2-7H3,(H,51,52). The zero-order chi connectivity index (χ0) is 40.2. The van der Waals surface area contributed by atoms with Crippen molar-refractivity contribution in [3.05, 3.63) is 35.5 Å². The quantitative estimate of drug-likeness (QED) is 0.188. The first-order chi connectivity index (χ1) is 25.5. The summed E-state index contributed by atoms with van der Waals surface area (Å²) in [6.45, 7) is 17.9. The average Bonchev–Trinajstić information content (AvgIpc) is 3.48. The molecule has 7 aliphatic rings. The number of halogens is 4. The Morgan fingerprint density at radius 3 is 2.22 bits per heavy atom. The van der Waals surface area contributed by atoms with Crippen LogP contribution in [0.4, 0.5) is 17.6 Å². The Kier molecular flexibility index (Phi) is 10.3. The Morgan fingerprint density at radius 2 is 1.64 bits per heavy atom. The molecule has 7 rings (SSSR count). The van der Waals surface area contributed by atoms with Crippen LogP contribution in [0.3, 0.4) is 0 Å². The van der Waals surface area contributed by atoms with Gasteiger partial charge in [0.15, 0.2) is 9.84 Å². The average molecular weight is 795 g/mol. The molecule has 1 saturated heterocycles. The highest BCUT2D eigenvalue weighted by Crippen LogP contribution is 2.76. The number of nitrogens with zero attached hydrogens (tertiary/aromatic N) is 1. The number of nitrogens with one attached hydrogen (secondary N) is 1. The molecule has 55 heavy (non-hydrogen) atoms. The number of carbonyl (C=O) groups is 1. The van der Waals surface area contributed by atoms with E-state index in [1.807, 2.05) is 6.08 Å². The number of rotatable bonds is 8. The second kappa shape index (κ2) is 13.7. The summed E-state index contributed by atoms with van der Waals surface area (Å²) in [7, 11) is -3.20. The molecule has 0 radical (unpaired) electrons. The van der Waals surface area contributed by atoms with Crippen molar-refractivity contribution < 1.29 is 35.9 Å². The number of hydrogen-bond acceptors (Lipinski definition) is 5. The van der Waals surface area contributed by atoms with Crippen molar-refractivity contribution in [3.8, 4) is 0 Å². The molecule has 2 N–H and O–H groups in total. The lowest BCUT2D eigenvalue weighted by Crippen LogP contribution is -2.70. The highest BCUT2D eigenvalue weighted by Gasteiger charge is 2.71. The van der Waals surface area contributed by atoms with Gasteiger partial charge in [-0.25, -0.2) is 12.8 Å². The van der Waals surface area contributed by atoms with Gasteiger partial charge in [0.1, 0.15) is 12.7 Å². The molecular formula is C44H66F4N2O4S. The minimum atomic E-state index is -4.46. The normalized spacial score (nSPS) is 44.5. The fourth-order valence-electron chi connectivity index (χ4n) is 14.8. The monoisotopic (exact) mass is 794 g/mol. The van der Waals surface area contributed by atoms with Crippen LogP contribution in [0.1, 0.15) is 119 Å². The van der Waals surface area contributed by atoms with Crippen LogP contribution in [-0.4, -0.2) is 80.0 Å². The van der Waals surface area contributed by atoms with Crippen LogP contribution in [0.15, 0.2) is 35.5 Å². The van der Waals surface area contributed by atoms with E-state index in [0.29, 0.717) is 37.5 Å². The molecular weight excluding hydrogens is 729 g/mol. The van der Waals surface area contributed by atoms with E-state index in [1.54, 1.807) is 4.90 Å². The predicted octanol–water partition coefficient (Wildman–Crippen LogP) is 9.33. The van der Waals surface area contributed by atoms with E-state index in [-0.39, 0.29) is 77.0 Å². The third-order valence-corrected chi connectivity index (χ3v) is 19.7. The van der Waals surface area contributed by atoms with Crippen LogP contribution in [0.25, 0.3) is 0 Å². The summed E-state index contributed by atoms with van der Waals surface area (Å²) in [5.41, 5.74) is 1.44. The molecule has 0 aromatic carbocycles. The molecule has 11 atom stereocenters. The molecule has 310 valence electrons. The lowest BCUT2D eigenvalue weighted by Gasteiger charge is -2.72. The minimum Gasteiger partial charge on any atom is -0.481 e. The van der Waals surface area contributed by atoms with Crippen LogP contribution in [0.5, 0.6) is 0 Å². The SMILES string of the molecule is C=C(C)C1CCC2(NC(CN3CCS(=O)(=O)CC3)C(F)(F)F)CCC3(C)C(CCC4C5(C)CC=C(C6=CCC(CF)(C(=O)O)CC6)C(C)(C)C5CCC43C)C12. The van der Waals surface area contributed by atoms with Crippen molar-refractivity contribution in [2.45, 2.75) is 136 Å². The number of sulfone groups is 1. The molecule has 11 heteroatoms. The first kappa shape index (κ1) is 41.4. The number of hydrogen-bond donors (Lipinski definition) is 2. The Morgan fingerprint density at radius 1 is 0.945 bits per heavy atom. The summed E-state index contributed by atoms with van der Waals surface area (Å²) in [5.74, 6) is 0.0899. The number of aliphatic carboxylic acids is 1. The summed E-state index contributed by atoms with van der Waals surface area (Å²) >= 11 is 0. The largest absolute Gasteiger partial charge is 0.481 e. The van der Waals surface area contributed by atoms with E-state index in [2.05, 4.69) is 59.5 Å². The third kappa shape index (κ3) is 6.44. The summed E-state index contributed by atoms with van der Waals surface area (Å²) in [5, 5.41) is 13.2. The maximum absolute atomic E-state index is 15.0. The van der Waals surface area contributed by atoms with Crippen LogP contribution >= 0.6 is 0 Å². The zero-order valence-corrected chi connectivity index (χ0v) is 34.9. The Bertz CT molecular complexity index is 1730. The van der Waals surface area contributed by atoms with E-state index < -0.39 is 45.7 Å². The summed E-state index contributed by atoms with van der Waals surface area (Å²) in [6, 6.07) is -1.73. The maximum atomic E-state index is 15.0. The lowest BCUT2D eigenvalue weighted by atomic mass is 9.33. The first-order valence-corrected chi connectivity index (χ1v) is 22.9. The van der Waals surface area contributed by atoms with Gasteiger partial charge in [0.2, 0.25) is 0 Å². The van der Waals surface area contributed by atoms with E-state index in [0.717, 1.165) is 50.5 Å². The summed E-state index contributed by atoms with van der Waals surface area (Å²) in [6.07, 6.45) is 9.29. The molecule has 6 aliphatic carbocycles. The minimum absolute atomic E-state index is 0.00596. The molecule has 0 bridgehead atoms. The van der Waals surface area contributed by atoms with Crippen molar-refractivity contribution in [3.63, 3.8) is 0 Å². The highest BCUT2D eigenvalue weighted by molar-refractivity contribution is 7.91. The van der Waals surface area contributed by atoms with Gasteiger partial charge in [0.25, 0.3) is 0 Å². The molecule has 11 unspecified atom stereocenters. The number of fused-ring (bicyclic) bond motifs is 7. The lowest BCUT2D eigenvalue weighted by molar-refractivity contribution is -0.225.